The molecule has 0 amide bonds. The van der Waals surface area contributed by atoms with Crippen molar-refractivity contribution in [3.63, 3.8) is 0 Å². The molecule has 0 bridgehead atoms. The van der Waals surface area contributed by atoms with Gasteiger partial charge in [-0.2, -0.15) is 13.2 Å². The van der Waals surface area contributed by atoms with Gasteiger partial charge in [0.25, 0.3) is 0 Å². The second-order valence-electron chi connectivity index (χ2n) is 15.8. The van der Waals surface area contributed by atoms with Crippen molar-refractivity contribution in [1.82, 2.24) is 24.3 Å². The molecule has 1 aromatic rings. The van der Waals surface area contributed by atoms with E-state index in [-0.39, 0.29) is 32.7 Å². The topological polar surface area (TPSA) is 138 Å². The van der Waals surface area contributed by atoms with Gasteiger partial charge in [-0.15, -0.1) is 0 Å². The molecular formula is C35H58F3N5O8S. The van der Waals surface area contributed by atoms with Gasteiger partial charge in [-0.3, -0.25) is 34.0 Å². The molecule has 0 radical (unpaired) electrons. The Hall–Kier alpha value is -2.83. The zero-order valence-corrected chi connectivity index (χ0v) is 32.9. The molecule has 1 saturated heterocycles. The second-order valence-corrected chi connectivity index (χ2v) is 17.6. The van der Waals surface area contributed by atoms with Crippen LogP contribution in [0.25, 0.3) is 0 Å². The Morgan fingerprint density at radius 3 is 1.27 bits per heavy atom. The number of halogens is 3. The highest BCUT2D eigenvalue weighted by atomic mass is 32.2. The van der Waals surface area contributed by atoms with Crippen molar-refractivity contribution in [2.24, 2.45) is 0 Å². The average Bonchev–Trinajstić information content (AvgIpc) is 2.94. The SMILES string of the molecule is CC(C)(C)OC(=O)CN1CCN(CCNS(=O)(=O)c2ccccc2C(F)(F)F)CCN(CC(=O)OC(C)(C)C)CCN(CC(=O)OC(C)(C)C)CC1. The van der Waals surface area contributed by atoms with Crippen LogP contribution >= 0.6 is 0 Å². The van der Waals surface area contributed by atoms with Crippen LogP contribution in [-0.4, -0.2) is 148 Å². The molecule has 0 spiro atoms. The lowest BCUT2D eigenvalue weighted by molar-refractivity contribution is -0.158. The van der Waals surface area contributed by atoms with Crippen LogP contribution < -0.4 is 4.72 Å². The smallest absolute Gasteiger partial charge is 0.417 e. The Labute approximate surface area is 307 Å². The molecule has 0 aromatic heterocycles. The highest BCUT2D eigenvalue weighted by Gasteiger charge is 2.37. The number of ether oxygens (including phenoxy) is 3. The van der Waals surface area contributed by atoms with E-state index in [9.17, 15) is 36.0 Å². The molecule has 2 rings (SSSR count). The van der Waals surface area contributed by atoms with Crippen molar-refractivity contribution in [2.45, 2.75) is 90.2 Å². The summed E-state index contributed by atoms with van der Waals surface area (Å²) in [6.45, 7) is 18.6. The van der Waals surface area contributed by atoms with Crippen molar-refractivity contribution in [1.29, 1.82) is 0 Å². The number of nitrogens with zero attached hydrogens (tertiary/aromatic N) is 4. The minimum atomic E-state index is -4.86. The molecule has 0 saturated carbocycles. The van der Waals surface area contributed by atoms with E-state index in [1.165, 1.54) is 6.07 Å². The molecule has 0 aliphatic carbocycles. The van der Waals surface area contributed by atoms with Crippen LogP contribution in [0.1, 0.15) is 67.9 Å². The van der Waals surface area contributed by atoms with E-state index in [1.54, 1.807) is 62.3 Å². The lowest BCUT2D eigenvalue weighted by Crippen LogP contribution is -2.50. The summed E-state index contributed by atoms with van der Waals surface area (Å²) >= 11 is 0. The summed E-state index contributed by atoms with van der Waals surface area (Å²) in [5.74, 6) is -1.29. The quantitative estimate of drug-likeness (QED) is 0.262. The molecule has 1 fully saturated rings. The van der Waals surface area contributed by atoms with Crippen LogP contribution in [0.2, 0.25) is 0 Å². The van der Waals surface area contributed by atoms with Gasteiger partial charge in [-0.05, 0) is 74.4 Å². The molecule has 0 atom stereocenters. The van der Waals surface area contributed by atoms with Gasteiger partial charge in [0, 0.05) is 65.4 Å². The number of hydrogen-bond acceptors (Lipinski definition) is 12. The first-order valence-electron chi connectivity index (χ1n) is 17.4. The Morgan fingerprint density at radius 2 is 0.942 bits per heavy atom. The molecule has 1 N–H and O–H groups in total. The fourth-order valence-corrected chi connectivity index (χ4v) is 6.54. The van der Waals surface area contributed by atoms with E-state index in [4.69, 9.17) is 14.2 Å². The lowest BCUT2D eigenvalue weighted by Gasteiger charge is -2.34. The van der Waals surface area contributed by atoms with E-state index in [1.807, 2.05) is 19.6 Å². The van der Waals surface area contributed by atoms with Crippen LogP contribution in [0.4, 0.5) is 13.2 Å². The summed E-state index contributed by atoms with van der Waals surface area (Å²) < 4.78 is 85.8. The Balaban J connectivity index is 2.33. The van der Waals surface area contributed by atoms with Gasteiger partial charge in [0.15, 0.2) is 0 Å². The number of hydrogen-bond donors (Lipinski definition) is 1. The van der Waals surface area contributed by atoms with Crippen molar-refractivity contribution in [3.8, 4) is 0 Å². The summed E-state index contributed by atoms with van der Waals surface area (Å²) in [4.78, 5) is 45.4. The number of esters is 3. The summed E-state index contributed by atoms with van der Waals surface area (Å²) in [5, 5.41) is 0. The summed E-state index contributed by atoms with van der Waals surface area (Å²) in [5.41, 5.74) is -3.37. The second kappa shape index (κ2) is 19.0. The largest absolute Gasteiger partial charge is 0.459 e. The van der Waals surface area contributed by atoms with Crippen LogP contribution in [0.3, 0.4) is 0 Å². The number of carbonyl (C=O) groups is 3. The van der Waals surface area contributed by atoms with Crippen molar-refractivity contribution >= 4 is 27.9 Å². The Kier molecular flexibility index (Phi) is 16.5. The Morgan fingerprint density at radius 1 is 0.615 bits per heavy atom. The first kappa shape index (κ1) is 45.3. The number of alkyl halides is 3. The lowest BCUT2D eigenvalue weighted by atomic mass is 10.2. The first-order valence-corrected chi connectivity index (χ1v) is 18.9. The van der Waals surface area contributed by atoms with Gasteiger partial charge in [0.1, 0.15) is 16.8 Å². The van der Waals surface area contributed by atoms with E-state index >= 15 is 0 Å². The molecule has 13 nitrogen and oxygen atoms in total. The molecule has 1 aliphatic heterocycles. The van der Waals surface area contributed by atoms with Crippen LogP contribution in [0.15, 0.2) is 29.2 Å². The third kappa shape index (κ3) is 18.3. The monoisotopic (exact) mass is 765 g/mol. The maximum absolute atomic E-state index is 13.6. The summed E-state index contributed by atoms with van der Waals surface area (Å²) in [6.07, 6.45) is -4.86. The molecule has 17 heteroatoms. The van der Waals surface area contributed by atoms with Crippen molar-refractivity contribution < 1.29 is 50.2 Å². The average molecular weight is 766 g/mol. The summed E-state index contributed by atoms with van der Waals surface area (Å²) in [7, 11) is -4.51. The van der Waals surface area contributed by atoms with E-state index < -0.39 is 61.4 Å². The number of nitrogens with one attached hydrogen (secondary N) is 1. The minimum Gasteiger partial charge on any atom is -0.459 e. The van der Waals surface area contributed by atoms with E-state index in [0.717, 1.165) is 18.2 Å². The van der Waals surface area contributed by atoms with Gasteiger partial charge in [0.2, 0.25) is 10.0 Å². The predicted molar refractivity (Wildman–Crippen MR) is 190 cm³/mol. The third-order valence-corrected chi connectivity index (χ3v) is 8.97. The van der Waals surface area contributed by atoms with E-state index in [0.29, 0.717) is 52.4 Å². The number of rotatable bonds is 11. The number of carbonyl (C=O) groups excluding carboxylic acids is 3. The number of benzene rings is 1. The molecule has 1 aromatic carbocycles. The fraction of sp³-hybridized carbons (Fsp3) is 0.743. The zero-order chi connectivity index (χ0) is 39.5. The highest BCUT2D eigenvalue weighted by molar-refractivity contribution is 7.89. The highest BCUT2D eigenvalue weighted by Crippen LogP contribution is 2.33. The molecule has 52 heavy (non-hydrogen) atoms. The molecule has 298 valence electrons. The maximum atomic E-state index is 13.6. The van der Waals surface area contributed by atoms with Gasteiger partial charge >= 0.3 is 24.1 Å². The molecule has 0 unspecified atom stereocenters. The van der Waals surface area contributed by atoms with Gasteiger partial charge in [-0.1, -0.05) is 12.1 Å². The van der Waals surface area contributed by atoms with Gasteiger partial charge < -0.3 is 14.2 Å². The van der Waals surface area contributed by atoms with Gasteiger partial charge in [0.05, 0.1) is 30.1 Å². The maximum Gasteiger partial charge on any atom is 0.417 e. The molecular weight excluding hydrogens is 707 g/mol. The fourth-order valence-electron chi connectivity index (χ4n) is 5.30. The van der Waals surface area contributed by atoms with Gasteiger partial charge in [-0.25, -0.2) is 13.1 Å². The number of sulfonamides is 1. The Bertz CT molecular complexity index is 1390. The van der Waals surface area contributed by atoms with Crippen LogP contribution in [-0.2, 0) is 44.8 Å². The first-order chi connectivity index (χ1) is 23.7. The van der Waals surface area contributed by atoms with Crippen LogP contribution in [0.5, 0.6) is 0 Å². The zero-order valence-electron chi connectivity index (χ0n) is 32.1. The molecule has 1 heterocycles. The van der Waals surface area contributed by atoms with Crippen molar-refractivity contribution in [3.05, 3.63) is 29.8 Å². The van der Waals surface area contributed by atoms with E-state index in [2.05, 4.69) is 4.72 Å². The van der Waals surface area contributed by atoms with Crippen LogP contribution in [0, 0.1) is 0 Å². The predicted octanol–water partition coefficient (Wildman–Crippen LogP) is 3.23. The van der Waals surface area contributed by atoms with Crippen molar-refractivity contribution in [2.75, 3.05) is 85.1 Å². The third-order valence-electron chi connectivity index (χ3n) is 7.45. The summed E-state index contributed by atoms with van der Waals surface area (Å²) in [6, 6.07) is 3.99. The normalized spacial score (nSPS) is 17.5. The standard InChI is InChI=1S/C35H58F3N5O8S/c1-32(2,3)49-29(44)24-41-18-16-40(15-14-39-52(47,48)28-13-11-10-12-27(28)35(36,37)38)17-19-42(25-30(45)50-33(4,5)6)21-23-43(22-20-41)26-31(46)51-34(7,8)9/h10-13,39H,14-26H2,1-9H3. The minimum absolute atomic E-state index is 0.0123. The molecule has 1 aliphatic rings.